The quantitative estimate of drug-likeness (QED) is 0.258. The number of benzene rings is 3. The SMILES string of the molecule is COc1cc(/C=C2\N=C(c3cc(F)c(F)cc3Cl)OC2=O)ccc1OCc1ccc(C)cc1. The molecule has 5 nitrogen and oxygen atoms in total. The van der Waals surface area contributed by atoms with E-state index < -0.39 is 17.6 Å². The molecule has 4 rings (SSSR count). The Morgan fingerprint density at radius 2 is 1.76 bits per heavy atom. The minimum absolute atomic E-state index is 0.0234. The zero-order chi connectivity index (χ0) is 23.5. The lowest BCUT2D eigenvalue weighted by Gasteiger charge is -2.11. The summed E-state index contributed by atoms with van der Waals surface area (Å²) in [5.74, 6) is -2.19. The number of esters is 1. The first-order valence-corrected chi connectivity index (χ1v) is 10.3. The Balaban J connectivity index is 1.56. The number of carbonyl (C=O) groups is 1. The molecule has 0 spiro atoms. The molecular weight excluding hydrogens is 452 g/mol. The van der Waals surface area contributed by atoms with Crippen molar-refractivity contribution in [3.63, 3.8) is 0 Å². The van der Waals surface area contributed by atoms with Gasteiger partial charge in [-0.3, -0.25) is 0 Å². The molecule has 8 heteroatoms. The lowest BCUT2D eigenvalue weighted by molar-refractivity contribution is -0.129. The summed E-state index contributed by atoms with van der Waals surface area (Å²) in [6.07, 6.45) is 1.48. The van der Waals surface area contributed by atoms with Crippen molar-refractivity contribution in [3.05, 3.63) is 99.2 Å². The minimum atomic E-state index is -1.13. The molecule has 1 heterocycles. The first kappa shape index (κ1) is 22.5. The van der Waals surface area contributed by atoms with E-state index in [-0.39, 0.29) is 22.2 Å². The van der Waals surface area contributed by atoms with Crippen LogP contribution in [-0.2, 0) is 16.1 Å². The Bertz CT molecular complexity index is 1290. The number of cyclic esters (lactones) is 1. The van der Waals surface area contributed by atoms with Crippen LogP contribution in [0.2, 0.25) is 5.02 Å². The Morgan fingerprint density at radius 3 is 2.48 bits per heavy atom. The second-order valence-electron chi connectivity index (χ2n) is 7.27. The molecule has 0 fully saturated rings. The van der Waals surface area contributed by atoms with Crippen molar-refractivity contribution >= 4 is 29.5 Å². The van der Waals surface area contributed by atoms with Crippen LogP contribution < -0.4 is 9.47 Å². The van der Waals surface area contributed by atoms with Crippen LogP contribution in [0.4, 0.5) is 8.78 Å². The predicted octanol–water partition coefficient (Wildman–Crippen LogP) is 5.86. The Morgan fingerprint density at radius 1 is 1.03 bits per heavy atom. The fourth-order valence-corrected chi connectivity index (χ4v) is 3.34. The lowest BCUT2D eigenvalue weighted by Crippen LogP contribution is -2.07. The van der Waals surface area contributed by atoms with Gasteiger partial charge in [-0.25, -0.2) is 18.6 Å². The molecule has 0 saturated carbocycles. The first-order chi connectivity index (χ1) is 15.8. The Labute approximate surface area is 193 Å². The van der Waals surface area contributed by atoms with Crippen LogP contribution in [0, 0.1) is 18.6 Å². The average molecular weight is 470 g/mol. The van der Waals surface area contributed by atoms with Crippen LogP contribution in [0.25, 0.3) is 6.08 Å². The molecule has 0 N–H and O–H groups in total. The van der Waals surface area contributed by atoms with Gasteiger partial charge in [-0.05, 0) is 48.4 Å². The maximum Gasteiger partial charge on any atom is 0.363 e. The van der Waals surface area contributed by atoms with Gasteiger partial charge in [0.05, 0.1) is 17.7 Å². The van der Waals surface area contributed by atoms with Gasteiger partial charge in [-0.15, -0.1) is 0 Å². The maximum atomic E-state index is 13.6. The third-order valence-electron chi connectivity index (χ3n) is 4.87. The van der Waals surface area contributed by atoms with E-state index in [0.717, 1.165) is 23.3 Å². The van der Waals surface area contributed by atoms with Crippen LogP contribution in [0.3, 0.4) is 0 Å². The lowest BCUT2D eigenvalue weighted by atomic mass is 10.1. The van der Waals surface area contributed by atoms with E-state index in [9.17, 15) is 13.6 Å². The zero-order valence-corrected chi connectivity index (χ0v) is 18.5. The van der Waals surface area contributed by atoms with E-state index in [4.69, 9.17) is 25.8 Å². The third-order valence-corrected chi connectivity index (χ3v) is 5.18. The summed E-state index contributed by atoms with van der Waals surface area (Å²) < 4.78 is 43.3. The van der Waals surface area contributed by atoms with E-state index >= 15 is 0 Å². The fourth-order valence-electron chi connectivity index (χ4n) is 3.11. The second kappa shape index (κ2) is 9.42. The average Bonchev–Trinajstić information content (AvgIpc) is 3.16. The van der Waals surface area contributed by atoms with Crippen molar-refractivity contribution in [3.8, 4) is 11.5 Å². The third kappa shape index (κ3) is 5.04. The summed E-state index contributed by atoms with van der Waals surface area (Å²) in [6, 6.07) is 14.7. The van der Waals surface area contributed by atoms with Crippen LogP contribution in [0.5, 0.6) is 11.5 Å². The number of hydrogen-bond acceptors (Lipinski definition) is 5. The molecule has 33 heavy (non-hydrogen) atoms. The van der Waals surface area contributed by atoms with Crippen molar-refractivity contribution in [1.82, 2.24) is 0 Å². The molecule has 1 aliphatic rings. The van der Waals surface area contributed by atoms with Crippen molar-refractivity contribution in [2.45, 2.75) is 13.5 Å². The van der Waals surface area contributed by atoms with E-state index in [2.05, 4.69) is 4.99 Å². The minimum Gasteiger partial charge on any atom is -0.493 e. The molecule has 3 aromatic rings. The molecule has 0 bridgehead atoms. The van der Waals surface area contributed by atoms with Crippen LogP contribution >= 0.6 is 11.6 Å². The van der Waals surface area contributed by atoms with Gasteiger partial charge >= 0.3 is 5.97 Å². The second-order valence-corrected chi connectivity index (χ2v) is 7.67. The highest BCUT2D eigenvalue weighted by atomic mass is 35.5. The molecular formula is C25H18ClF2NO4. The summed E-state index contributed by atoms with van der Waals surface area (Å²) in [6.45, 7) is 2.38. The van der Waals surface area contributed by atoms with Crippen molar-refractivity contribution in [2.24, 2.45) is 4.99 Å². The normalized spacial score (nSPS) is 14.3. The predicted molar refractivity (Wildman–Crippen MR) is 120 cm³/mol. The van der Waals surface area contributed by atoms with Crippen molar-refractivity contribution < 1.29 is 27.8 Å². The van der Waals surface area contributed by atoms with Gasteiger partial charge in [-0.2, -0.15) is 0 Å². The number of halogens is 3. The summed E-state index contributed by atoms with van der Waals surface area (Å²) in [7, 11) is 1.51. The number of methoxy groups -OCH3 is 1. The number of ether oxygens (including phenoxy) is 3. The standard InChI is InChI=1S/C25H18ClF2NO4/c1-14-3-5-15(6-4-14)13-32-22-8-7-16(10-23(22)31-2)9-21-25(30)33-24(29-21)17-11-19(27)20(28)12-18(17)26/h3-12H,13H2,1-2H3/b21-9-. The molecule has 0 unspecified atom stereocenters. The number of nitrogens with zero attached hydrogens (tertiary/aromatic N) is 1. The number of carbonyl (C=O) groups excluding carboxylic acids is 1. The first-order valence-electron chi connectivity index (χ1n) is 9.88. The van der Waals surface area contributed by atoms with Gasteiger partial charge in [0.15, 0.2) is 28.8 Å². The smallest absolute Gasteiger partial charge is 0.363 e. The number of rotatable bonds is 6. The fraction of sp³-hybridized carbons (Fsp3) is 0.120. The van der Waals surface area contributed by atoms with Crippen LogP contribution in [0.1, 0.15) is 22.3 Å². The highest BCUT2D eigenvalue weighted by molar-refractivity contribution is 6.34. The highest BCUT2D eigenvalue weighted by Crippen LogP contribution is 2.31. The highest BCUT2D eigenvalue weighted by Gasteiger charge is 2.27. The van der Waals surface area contributed by atoms with E-state index in [1.54, 1.807) is 18.2 Å². The molecule has 168 valence electrons. The van der Waals surface area contributed by atoms with Crippen LogP contribution in [0.15, 0.2) is 65.3 Å². The van der Waals surface area contributed by atoms with Crippen molar-refractivity contribution in [2.75, 3.05) is 7.11 Å². The van der Waals surface area contributed by atoms with Crippen LogP contribution in [-0.4, -0.2) is 19.0 Å². The number of aliphatic imine (C=N–C) groups is 1. The molecule has 0 atom stereocenters. The summed E-state index contributed by atoms with van der Waals surface area (Å²) in [5.41, 5.74) is 2.73. The molecule has 3 aromatic carbocycles. The topological polar surface area (TPSA) is 57.1 Å². The summed E-state index contributed by atoms with van der Waals surface area (Å²) in [5, 5.41) is -0.126. The molecule has 0 radical (unpaired) electrons. The van der Waals surface area contributed by atoms with E-state index in [1.807, 2.05) is 31.2 Å². The summed E-state index contributed by atoms with van der Waals surface area (Å²) in [4.78, 5) is 16.3. The molecule has 0 aromatic heterocycles. The summed E-state index contributed by atoms with van der Waals surface area (Å²) >= 11 is 5.95. The molecule has 0 saturated heterocycles. The number of aryl methyl sites for hydroxylation is 1. The number of hydrogen-bond donors (Lipinski definition) is 0. The van der Waals surface area contributed by atoms with Crippen molar-refractivity contribution in [1.29, 1.82) is 0 Å². The van der Waals surface area contributed by atoms with Gasteiger partial charge in [0.2, 0.25) is 5.90 Å². The molecule has 0 amide bonds. The van der Waals surface area contributed by atoms with E-state index in [1.165, 1.54) is 13.2 Å². The van der Waals surface area contributed by atoms with Gasteiger partial charge in [0.1, 0.15) is 6.61 Å². The molecule has 0 aliphatic carbocycles. The van der Waals surface area contributed by atoms with Gasteiger partial charge in [0, 0.05) is 0 Å². The Hall–Kier alpha value is -3.71. The van der Waals surface area contributed by atoms with Gasteiger partial charge in [-0.1, -0.05) is 47.5 Å². The van der Waals surface area contributed by atoms with Gasteiger partial charge < -0.3 is 14.2 Å². The zero-order valence-electron chi connectivity index (χ0n) is 17.7. The van der Waals surface area contributed by atoms with Gasteiger partial charge in [0.25, 0.3) is 0 Å². The molecule has 1 aliphatic heterocycles. The maximum absolute atomic E-state index is 13.6. The largest absolute Gasteiger partial charge is 0.493 e. The Kier molecular flexibility index (Phi) is 6.42. The van der Waals surface area contributed by atoms with E-state index in [0.29, 0.717) is 23.7 Å². The monoisotopic (exact) mass is 469 g/mol.